The summed E-state index contributed by atoms with van der Waals surface area (Å²) in [6.07, 6.45) is -0.439. The van der Waals surface area contributed by atoms with Crippen molar-refractivity contribution >= 4 is 6.09 Å². The van der Waals surface area contributed by atoms with Crippen molar-refractivity contribution in [3.05, 3.63) is 47.8 Å². The molecule has 2 fully saturated rings. The molecule has 0 spiro atoms. The first-order valence-corrected chi connectivity index (χ1v) is 9.29. The maximum Gasteiger partial charge on any atom is 0.410 e. The summed E-state index contributed by atoms with van der Waals surface area (Å²) in [6.45, 7) is 0.172. The van der Waals surface area contributed by atoms with Crippen LogP contribution in [0, 0.1) is 0 Å². The van der Waals surface area contributed by atoms with Crippen LogP contribution >= 0.6 is 0 Å². The number of carbonyl (C=O) groups excluding carboxylic acids is 1. The molecule has 1 aromatic carbocycles. The molecular weight excluding hydrogens is 359 g/mol. The molecule has 27 heavy (non-hydrogen) atoms. The van der Waals surface area contributed by atoms with Crippen LogP contribution in [0.2, 0.25) is 0 Å². The number of benzene rings is 1. The van der Waals surface area contributed by atoms with Gasteiger partial charge in [-0.2, -0.15) is 8.78 Å². The van der Waals surface area contributed by atoms with Gasteiger partial charge in [0.05, 0.1) is 5.60 Å². The van der Waals surface area contributed by atoms with Gasteiger partial charge in [0, 0.05) is 18.5 Å². The third-order valence-electron chi connectivity index (χ3n) is 5.52. The van der Waals surface area contributed by atoms with E-state index in [0.29, 0.717) is 0 Å². The molecular formula is C20H24F3NO3. The standard InChI is InChI=1S/C20H24F3NO3/c21-17(18(22)23)9-10-20(26)11-15-7-4-8-16(12-20)24(15)19(25)27-13-14-5-2-1-3-6-14/h1-3,5-6,15-16,26H,4,7-13H2. The van der Waals surface area contributed by atoms with Crippen molar-refractivity contribution in [3.8, 4) is 0 Å². The number of allylic oxidation sites excluding steroid dienone is 1. The van der Waals surface area contributed by atoms with Crippen LogP contribution in [0.3, 0.4) is 0 Å². The van der Waals surface area contributed by atoms with Crippen LogP contribution in [-0.4, -0.2) is 33.8 Å². The summed E-state index contributed by atoms with van der Waals surface area (Å²) in [4.78, 5) is 14.3. The highest BCUT2D eigenvalue weighted by Gasteiger charge is 2.47. The molecule has 2 saturated heterocycles. The quantitative estimate of drug-likeness (QED) is 0.784. The van der Waals surface area contributed by atoms with E-state index < -0.39 is 30.0 Å². The Morgan fingerprint density at radius 3 is 2.37 bits per heavy atom. The number of fused-ring (bicyclic) bond motifs is 2. The number of halogens is 3. The average molecular weight is 383 g/mol. The van der Waals surface area contributed by atoms with Gasteiger partial charge in [0.15, 0.2) is 5.83 Å². The van der Waals surface area contributed by atoms with Crippen LogP contribution in [0.25, 0.3) is 0 Å². The minimum atomic E-state index is -2.33. The first kappa shape index (κ1) is 19.7. The molecule has 1 N–H and O–H groups in total. The Bertz CT molecular complexity index is 677. The zero-order valence-corrected chi connectivity index (χ0v) is 15.0. The molecule has 4 nitrogen and oxygen atoms in total. The zero-order valence-electron chi connectivity index (χ0n) is 15.0. The zero-order chi connectivity index (χ0) is 19.4. The van der Waals surface area contributed by atoms with E-state index >= 15 is 0 Å². The van der Waals surface area contributed by atoms with Gasteiger partial charge in [-0.15, -0.1) is 0 Å². The van der Waals surface area contributed by atoms with Crippen LogP contribution in [0.4, 0.5) is 18.0 Å². The molecule has 1 aromatic rings. The second-order valence-electron chi connectivity index (χ2n) is 7.48. The summed E-state index contributed by atoms with van der Waals surface area (Å²) >= 11 is 0. The number of piperidine rings is 2. The summed E-state index contributed by atoms with van der Waals surface area (Å²) in [5.74, 6) is -1.47. The molecule has 2 bridgehead atoms. The molecule has 2 unspecified atom stereocenters. The lowest BCUT2D eigenvalue weighted by Gasteiger charge is -2.51. The Morgan fingerprint density at radius 2 is 1.78 bits per heavy atom. The third kappa shape index (κ3) is 4.83. The van der Waals surface area contributed by atoms with E-state index in [-0.39, 0.29) is 38.0 Å². The topological polar surface area (TPSA) is 49.8 Å². The fourth-order valence-corrected chi connectivity index (χ4v) is 4.26. The minimum Gasteiger partial charge on any atom is -0.445 e. The number of ether oxygens (including phenoxy) is 1. The van der Waals surface area contributed by atoms with Crippen molar-refractivity contribution in [2.45, 2.75) is 69.2 Å². The van der Waals surface area contributed by atoms with Crippen molar-refractivity contribution in [2.75, 3.05) is 0 Å². The molecule has 0 aromatic heterocycles. The van der Waals surface area contributed by atoms with Gasteiger partial charge in [-0.3, -0.25) is 0 Å². The summed E-state index contributed by atoms with van der Waals surface area (Å²) in [7, 11) is 0. The van der Waals surface area contributed by atoms with Crippen LogP contribution in [0.5, 0.6) is 0 Å². The number of carbonyl (C=O) groups is 1. The largest absolute Gasteiger partial charge is 0.445 e. The van der Waals surface area contributed by atoms with Gasteiger partial charge < -0.3 is 14.7 Å². The number of nitrogens with zero attached hydrogens (tertiary/aromatic N) is 1. The molecule has 2 atom stereocenters. The Hall–Kier alpha value is -2.02. The van der Waals surface area contributed by atoms with Crippen molar-refractivity contribution < 1.29 is 27.8 Å². The molecule has 0 aliphatic carbocycles. The fourth-order valence-electron chi connectivity index (χ4n) is 4.26. The Morgan fingerprint density at radius 1 is 1.15 bits per heavy atom. The molecule has 1 amide bonds. The van der Waals surface area contributed by atoms with Gasteiger partial charge >= 0.3 is 12.2 Å². The number of amides is 1. The summed E-state index contributed by atoms with van der Waals surface area (Å²) in [5.41, 5.74) is -0.348. The molecule has 3 rings (SSSR count). The Balaban J connectivity index is 1.62. The van der Waals surface area contributed by atoms with Crippen molar-refractivity contribution in [1.82, 2.24) is 4.90 Å². The summed E-state index contributed by atoms with van der Waals surface area (Å²) in [5, 5.41) is 10.8. The highest BCUT2D eigenvalue weighted by molar-refractivity contribution is 5.69. The number of hydrogen-bond donors (Lipinski definition) is 1. The molecule has 2 heterocycles. The smallest absolute Gasteiger partial charge is 0.410 e. The fraction of sp³-hybridized carbons (Fsp3) is 0.550. The van der Waals surface area contributed by atoms with E-state index in [1.54, 1.807) is 4.90 Å². The van der Waals surface area contributed by atoms with E-state index in [0.717, 1.165) is 24.8 Å². The lowest BCUT2D eigenvalue weighted by atomic mass is 9.74. The number of rotatable bonds is 5. The number of hydrogen-bond acceptors (Lipinski definition) is 3. The molecule has 2 aliphatic heterocycles. The van der Waals surface area contributed by atoms with Crippen molar-refractivity contribution in [3.63, 3.8) is 0 Å². The van der Waals surface area contributed by atoms with Crippen LogP contribution < -0.4 is 0 Å². The maximum absolute atomic E-state index is 13.1. The first-order chi connectivity index (χ1) is 12.9. The third-order valence-corrected chi connectivity index (χ3v) is 5.52. The lowest BCUT2D eigenvalue weighted by molar-refractivity contribution is -0.0893. The Labute approximate surface area is 156 Å². The normalized spacial score (nSPS) is 27.2. The van der Waals surface area contributed by atoms with E-state index in [4.69, 9.17) is 4.74 Å². The maximum atomic E-state index is 13.1. The average Bonchev–Trinajstić information content (AvgIpc) is 2.64. The van der Waals surface area contributed by atoms with E-state index in [2.05, 4.69) is 0 Å². The minimum absolute atomic E-state index is 0.0733. The molecule has 0 saturated carbocycles. The number of aliphatic hydroxyl groups is 1. The summed E-state index contributed by atoms with van der Waals surface area (Å²) in [6, 6.07) is 8.93. The lowest BCUT2D eigenvalue weighted by Crippen LogP contribution is -2.59. The van der Waals surface area contributed by atoms with Crippen LogP contribution in [-0.2, 0) is 11.3 Å². The van der Waals surface area contributed by atoms with Gasteiger partial charge in [-0.05, 0) is 44.1 Å². The second-order valence-corrected chi connectivity index (χ2v) is 7.48. The van der Waals surface area contributed by atoms with E-state index in [1.807, 2.05) is 30.3 Å². The molecule has 2 aliphatic rings. The predicted octanol–water partition coefficient (Wildman–Crippen LogP) is 4.93. The van der Waals surface area contributed by atoms with Gasteiger partial charge in [0.1, 0.15) is 6.61 Å². The van der Waals surface area contributed by atoms with Crippen molar-refractivity contribution in [1.29, 1.82) is 0 Å². The Kier molecular flexibility index (Phi) is 6.09. The van der Waals surface area contributed by atoms with E-state index in [1.165, 1.54) is 0 Å². The molecule has 148 valence electrons. The van der Waals surface area contributed by atoms with Gasteiger partial charge in [-0.25, -0.2) is 9.18 Å². The van der Waals surface area contributed by atoms with E-state index in [9.17, 15) is 23.1 Å². The van der Waals surface area contributed by atoms with Gasteiger partial charge in [0.25, 0.3) is 0 Å². The monoisotopic (exact) mass is 383 g/mol. The molecule has 7 heteroatoms. The highest BCUT2D eigenvalue weighted by atomic mass is 19.3. The highest BCUT2D eigenvalue weighted by Crippen LogP contribution is 2.42. The van der Waals surface area contributed by atoms with Gasteiger partial charge in [-0.1, -0.05) is 30.3 Å². The molecule has 0 radical (unpaired) electrons. The van der Waals surface area contributed by atoms with Crippen LogP contribution in [0.1, 0.15) is 50.5 Å². The SMILES string of the molecule is O=C(OCc1ccccc1)N1C2CCCC1CC(O)(CCC(F)=C(F)F)C2. The second kappa shape index (κ2) is 8.33. The van der Waals surface area contributed by atoms with Crippen molar-refractivity contribution in [2.24, 2.45) is 0 Å². The predicted molar refractivity (Wildman–Crippen MR) is 93.7 cm³/mol. The van der Waals surface area contributed by atoms with Gasteiger partial charge in [0.2, 0.25) is 0 Å². The first-order valence-electron chi connectivity index (χ1n) is 9.29. The van der Waals surface area contributed by atoms with Crippen LogP contribution in [0.15, 0.2) is 42.2 Å². The summed E-state index contributed by atoms with van der Waals surface area (Å²) < 4.78 is 43.2.